The minimum Gasteiger partial charge on any atom is -0.316 e. The van der Waals surface area contributed by atoms with Gasteiger partial charge in [0.2, 0.25) is 0 Å². The molecule has 1 fully saturated rings. The minimum absolute atomic E-state index is 0.174. The van der Waals surface area contributed by atoms with Crippen molar-refractivity contribution in [3.63, 3.8) is 0 Å². The Morgan fingerprint density at radius 3 is 2.89 bits per heavy atom. The number of aromatic nitrogens is 2. The SMILES string of the molecule is CNCc1c(S(=O)(=O)N2CCCC(C)C2)n[nH]c1C. The van der Waals surface area contributed by atoms with Crippen LogP contribution >= 0.6 is 0 Å². The summed E-state index contributed by atoms with van der Waals surface area (Å²) in [6.07, 6.45) is 2.01. The average Bonchev–Trinajstić information content (AvgIpc) is 2.72. The van der Waals surface area contributed by atoms with Gasteiger partial charge in [-0.15, -0.1) is 0 Å². The van der Waals surface area contributed by atoms with Gasteiger partial charge in [-0.05, 0) is 32.7 Å². The van der Waals surface area contributed by atoms with Gasteiger partial charge in [-0.3, -0.25) is 5.10 Å². The van der Waals surface area contributed by atoms with Crippen molar-refractivity contribution in [1.82, 2.24) is 19.8 Å². The van der Waals surface area contributed by atoms with Crippen molar-refractivity contribution in [3.8, 4) is 0 Å². The van der Waals surface area contributed by atoms with Gasteiger partial charge in [0.1, 0.15) is 0 Å². The highest BCUT2D eigenvalue weighted by molar-refractivity contribution is 7.89. The van der Waals surface area contributed by atoms with Crippen molar-refractivity contribution in [2.24, 2.45) is 5.92 Å². The smallest absolute Gasteiger partial charge is 0.262 e. The third kappa shape index (κ3) is 2.82. The van der Waals surface area contributed by atoms with Crippen LogP contribution in [0.5, 0.6) is 0 Å². The fraction of sp³-hybridized carbons (Fsp3) is 0.750. The summed E-state index contributed by atoms with van der Waals surface area (Å²) < 4.78 is 26.9. The zero-order chi connectivity index (χ0) is 14.0. The summed E-state index contributed by atoms with van der Waals surface area (Å²) in [5.74, 6) is 0.413. The first-order valence-corrected chi connectivity index (χ1v) is 8.09. The van der Waals surface area contributed by atoms with Crippen LogP contribution in [0, 0.1) is 12.8 Å². The molecule has 1 saturated heterocycles. The number of sulfonamides is 1. The van der Waals surface area contributed by atoms with Gasteiger partial charge in [0.15, 0.2) is 5.03 Å². The summed E-state index contributed by atoms with van der Waals surface area (Å²) >= 11 is 0. The van der Waals surface area contributed by atoms with Crippen LogP contribution < -0.4 is 5.32 Å². The van der Waals surface area contributed by atoms with E-state index < -0.39 is 10.0 Å². The summed E-state index contributed by atoms with van der Waals surface area (Å²) in [6.45, 7) is 5.62. The Bertz CT molecular complexity index is 538. The maximum absolute atomic E-state index is 12.7. The van der Waals surface area contributed by atoms with Crippen LogP contribution in [0.3, 0.4) is 0 Å². The Kier molecular flexibility index (Phi) is 4.27. The van der Waals surface area contributed by atoms with E-state index in [4.69, 9.17) is 0 Å². The summed E-state index contributed by atoms with van der Waals surface area (Å²) in [4.78, 5) is 0. The lowest BCUT2D eigenvalue weighted by Gasteiger charge is -2.29. The summed E-state index contributed by atoms with van der Waals surface area (Å²) in [5.41, 5.74) is 1.54. The molecule has 0 aliphatic carbocycles. The number of hydrogen-bond donors (Lipinski definition) is 2. The molecule has 108 valence electrons. The van der Waals surface area contributed by atoms with Crippen molar-refractivity contribution < 1.29 is 8.42 Å². The van der Waals surface area contributed by atoms with Gasteiger partial charge in [0, 0.05) is 30.9 Å². The van der Waals surface area contributed by atoms with Crippen LogP contribution in [0.25, 0.3) is 0 Å². The number of aromatic amines is 1. The van der Waals surface area contributed by atoms with Gasteiger partial charge < -0.3 is 5.32 Å². The van der Waals surface area contributed by atoms with Crippen molar-refractivity contribution in [3.05, 3.63) is 11.3 Å². The third-order valence-electron chi connectivity index (χ3n) is 3.59. The number of hydrogen-bond acceptors (Lipinski definition) is 4. The fourth-order valence-electron chi connectivity index (χ4n) is 2.52. The lowest BCUT2D eigenvalue weighted by Crippen LogP contribution is -2.39. The number of aryl methyl sites for hydroxylation is 1. The Balaban J connectivity index is 2.33. The Morgan fingerprint density at radius 2 is 2.26 bits per heavy atom. The molecule has 1 aromatic rings. The lowest BCUT2D eigenvalue weighted by molar-refractivity contribution is 0.280. The number of rotatable bonds is 4. The Morgan fingerprint density at radius 1 is 1.53 bits per heavy atom. The van der Waals surface area contributed by atoms with Gasteiger partial charge in [0.25, 0.3) is 10.0 Å². The molecule has 0 radical (unpaired) electrons. The van der Waals surface area contributed by atoms with Crippen molar-refractivity contribution in [1.29, 1.82) is 0 Å². The van der Waals surface area contributed by atoms with E-state index in [1.165, 1.54) is 0 Å². The maximum atomic E-state index is 12.7. The number of H-pyrrole nitrogens is 1. The van der Waals surface area contributed by atoms with E-state index in [0.29, 0.717) is 25.6 Å². The fourth-order valence-corrected chi connectivity index (χ4v) is 4.28. The second-order valence-electron chi connectivity index (χ2n) is 5.27. The second-order valence-corrected chi connectivity index (χ2v) is 7.13. The third-order valence-corrected chi connectivity index (χ3v) is 5.43. The van der Waals surface area contributed by atoms with E-state index in [0.717, 1.165) is 24.1 Å². The maximum Gasteiger partial charge on any atom is 0.262 e. The van der Waals surface area contributed by atoms with Crippen LogP contribution in [0.4, 0.5) is 0 Å². The van der Waals surface area contributed by atoms with Gasteiger partial charge in [-0.25, -0.2) is 8.42 Å². The quantitative estimate of drug-likeness (QED) is 0.860. The molecule has 0 aromatic carbocycles. The second kappa shape index (κ2) is 5.60. The predicted molar refractivity (Wildman–Crippen MR) is 73.2 cm³/mol. The van der Waals surface area contributed by atoms with Gasteiger partial charge in [-0.1, -0.05) is 6.92 Å². The van der Waals surface area contributed by atoms with Crippen molar-refractivity contribution in [2.45, 2.75) is 38.3 Å². The molecule has 2 rings (SSSR count). The minimum atomic E-state index is -3.48. The van der Waals surface area contributed by atoms with Crippen LogP contribution in [-0.4, -0.2) is 43.1 Å². The van der Waals surface area contributed by atoms with E-state index in [-0.39, 0.29) is 5.03 Å². The molecule has 6 nitrogen and oxygen atoms in total. The molecule has 0 saturated carbocycles. The van der Waals surface area contributed by atoms with E-state index in [1.54, 1.807) is 11.4 Å². The highest BCUT2D eigenvalue weighted by Gasteiger charge is 2.32. The van der Waals surface area contributed by atoms with E-state index in [1.807, 2.05) is 6.92 Å². The van der Waals surface area contributed by atoms with Gasteiger partial charge >= 0.3 is 0 Å². The molecule has 1 aromatic heterocycles. The monoisotopic (exact) mass is 286 g/mol. The van der Waals surface area contributed by atoms with Gasteiger partial charge in [0.05, 0.1) is 0 Å². The largest absolute Gasteiger partial charge is 0.316 e. The normalized spacial score (nSPS) is 21.7. The molecular weight excluding hydrogens is 264 g/mol. The molecule has 1 aliphatic rings. The summed E-state index contributed by atoms with van der Waals surface area (Å²) in [7, 11) is -1.68. The molecule has 0 bridgehead atoms. The van der Waals surface area contributed by atoms with Crippen LogP contribution in [-0.2, 0) is 16.6 Å². The zero-order valence-electron chi connectivity index (χ0n) is 11.7. The highest BCUT2D eigenvalue weighted by atomic mass is 32.2. The lowest BCUT2D eigenvalue weighted by atomic mass is 10.0. The summed E-state index contributed by atoms with van der Waals surface area (Å²) in [5, 5.41) is 9.96. The topological polar surface area (TPSA) is 78.1 Å². The molecule has 1 unspecified atom stereocenters. The van der Waals surface area contributed by atoms with E-state index in [9.17, 15) is 8.42 Å². The van der Waals surface area contributed by atoms with Crippen LogP contribution in [0.1, 0.15) is 31.0 Å². The predicted octanol–water partition coefficient (Wildman–Crippen LogP) is 0.858. The number of nitrogens with zero attached hydrogens (tertiary/aromatic N) is 2. The molecule has 1 aliphatic heterocycles. The highest BCUT2D eigenvalue weighted by Crippen LogP contribution is 2.25. The Labute approximate surface area is 114 Å². The first-order valence-electron chi connectivity index (χ1n) is 6.65. The van der Waals surface area contributed by atoms with Crippen LogP contribution in [0.2, 0.25) is 0 Å². The van der Waals surface area contributed by atoms with E-state index >= 15 is 0 Å². The molecule has 7 heteroatoms. The van der Waals surface area contributed by atoms with E-state index in [2.05, 4.69) is 22.4 Å². The molecule has 19 heavy (non-hydrogen) atoms. The summed E-state index contributed by atoms with van der Waals surface area (Å²) in [6, 6.07) is 0. The molecule has 1 atom stereocenters. The molecular formula is C12H22N4O2S. The standard InChI is InChI=1S/C12H22N4O2S/c1-9-5-4-6-16(8-9)19(17,18)12-11(7-13-3)10(2)14-15-12/h9,13H,4-8H2,1-3H3,(H,14,15). The molecule has 2 N–H and O–H groups in total. The Hall–Kier alpha value is -0.920. The first-order chi connectivity index (χ1) is 8.96. The molecule has 2 heterocycles. The van der Waals surface area contributed by atoms with Gasteiger partial charge in [-0.2, -0.15) is 9.40 Å². The van der Waals surface area contributed by atoms with Crippen molar-refractivity contribution >= 4 is 10.0 Å². The molecule has 0 amide bonds. The van der Waals surface area contributed by atoms with Crippen LogP contribution in [0.15, 0.2) is 5.03 Å². The average molecular weight is 286 g/mol. The number of nitrogens with one attached hydrogen (secondary N) is 2. The zero-order valence-corrected chi connectivity index (χ0v) is 12.5. The van der Waals surface area contributed by atoms with Crippen molar-refractivity contribution in [2.75, 3.05) is 20.1 Å². The molecule has 0 spiro atoms. The first kappa shape index (κ1) is 14.5. The number of piperidine rings is 1.